The summed E-state index contributed by atoms with van der Waals surface area (Å²) in [5, 5.41) is 0. The van der Waals surface area contributed by atoms with Crippen molar-refractivity contribution in [1.29, 1.82) is 0 Å². The van der Waals surface area contributed by atoms with E-state index in [-0.39, 0.29) is 12.0 Å². The molecule has 3 nitrogen and oxygen atoms in total. The summed E-state index contributed by atoms with van der Waals surface area (Å²) in [7, 11) is -0.260. The van der Waals surface area contributed by atoms with Crippen LogP contribution in [0.5, 0.6) is 0 Å². The molecule has 0 heterocycles. The lowest BCUT2D eigenvalue weighted by atomic mass is 10.4. The number of alkyl halides is 1. The van der Waals surface area contributed by atoms with E-state index in [9.17, 15) is 4.57 Å². The van der Waals surface area contributed by atoms with Crippen LogP contribution in [0.2, 0.25) is 0 Å². The van der Waals surface area contributed by atoms with Gasteiger partial charge in [0.1, 0.15) is 0 Å². The van der Waals surface area contributed by atoms with Crippen LogP contribution in [0, 0.1) is 0 Å². The van der Waals surface area contributed by atoms with Crippen molar-refractivity contribution in [2.24, 2.45) is 0 Å². The van der Waals surface area contributed by atoms with Crippen LogP contribution >= 0.6 is 19.2 Å². The smallest absolute Gasteiger partial charge is 0.312 e. The third-order valence-electron chi connectivity index (χ3n) is 1.16. The van der Waals surface area contributed by atoms with Crippen molar-refractivity contribution in [2.45, 2.75) is 0 Å². The molecule has 5 heteroatoms. The highest BCUT2D eigenvalue weighted by Gasteiger charge is 2.21. The average Bonchev–Trinajstić information content (AvgIpc) is 2.04. The molecule has 0 radical (unpaired) electrons. The van der Waals surface area contributed by atoms with Crippen LogP contribution in [0.3, 0.4) is 0 Å². The molecule has 0 aliphatic heterocycles. The van der Waals surface area contributed by atoms with E-state index in [2.05, 4.69) is 15.6 Å². The Kier molecular flexibility index (Phi) is 5.02. The first-order valence-corrected chi connectivity index (χ1v) is 5.27. The molecule has 0 fully saturated rings. The average molecular weight is 199 g/mol. The Morgan fingerprint density at radius 3 is 2.27 bits per heavy atom. The van der Waals surface area contributed by atoms with E-state index < -0.39 is 7.60 Å². The van der Waals surface area contributed by atoms with Gasteiger partial charge in [0.25, 0.3) is 0 Å². The minimum atomic E-state index is -2.94. The standard InChI is InChI=1S/C6H12ClO3P/c1-6(4-7)5-11(8,9-2)10-3/h1,4-5H2,2-3H3. The topological polar surface area (TPSA) is 35.5 Å². The van der Waals surface area contributed by atoms with Gasteiger partial charge in [0.05, 0.1) is 6.16 Å². The van der Waals surface area contributed by atoms with Crippen molar-refractivity contribution in [3.05, 3.63) is 12.2 Å². The highest BCUT2D eigenvalue weighted by molar-refractivity contribution is 7.54. The van der Waals surface area contributed by atoms with Crippen molar-refractivity contribution in [1.82, 2.24) is 0 Å². The van der Waals surface area contributed by atoms with Gasteiger partial charge in [-0.2, -0.15) is 0 Å². The van der Waals surface area contributed by atoms with Crippen LogP contribution < -0.4 is 0 Å². The maximum atomic E-state index is 11.4. The minimum Gasteiger partial charge on any atom is -0.312 e. The van der Waals surface area contributed by atoms with Crippen LogP contribution in [-0.4, -0.2) is 26.3 Å². The van der Waals surface area contributed by atoms with Gasteiger partial charge in [-0.1, -0.05) is 12.2 Å². The molecular formula is C6H12ClO3P. The Morgan fingerprint density at radius 1 is 1.55 bits per heavy atom. The molecule has 0 rings (SSSR count). The van der Waals surface area contributed by atoms with Crippen molar-refractivity contribution in [2.75, 3.05) is 26.3 Å². The van der Waals surface area contributed by atoms with Crippen LogP contribution in [0.4, 0.5) is 0 Å². The van der Waals surface area contributed by atoms with Crippen LogP contribution in [0.25, 0.3) is 0 Å². The zero-order valence-corrected chi connectivity index (χ0v) is 8.32. The first-order chi connectivity index (χ1) is 5.08. The van der Waals surface area contributed by atoms with Crippen molar-refractivity contribution >= 4 is 19.2 Å². The lowest BCUT2D eigenvalue weighted by molar-refractivity contribution is 0.278. The third kappa shape index (κ3) is 3.92. The fourth-order valence-corrected chi connectivity index (χ4v) is 1.81. The van der Waals surface area contributed by atoms with E-state index in [0.717, 1.165) is 0 Å². The van der Waals surface area contributed by atoms with Crippen LogP contribution in [0.15, 0.2) is 12.2 Å². The molecule has 0 aromatic rings. The van der Waals surface area contributed by atoms with Gasteiger partial charge in [-0.3, -0.25) is 4.57 Å². The molecule has 0 aromatic heterocycles. The Balaban J connectivity index is 4.09. The molecule has 0 aliphatic rings. The second-order valence-corrected chi connectivity index (χ2v) is 4.55. The molecule has 0 bridgehead atoms. The van der Waals surface area contributed by atoms with E-state index in [1.54, 1.807) is 0 Å². The Morgan fingerprint density at radius 2 is 2.00 bits per heavy atom. The first-order valence-electron chi connectivity index (χ1n) is 3.01. The van der Waals surface area contributed by atoms with Gasteiger partial charge < -0.3 is 9.05 Å². The zero-order chi connectivity index (χ0) is 8.91. The molecule has 0 N–H and O–H groups in total. The van der Waals surface area contributed by atoms with E-state index >= 15 is 0 Å². The predicted molar refractivity (Wildman–Crippen MR) is 46.4 cm³/mol. The quantitative estimate of drug-likeness (QED) is 0.386. The second kappa shape index (κ2) is 4.94. The zero-order valence-electron chi connectivity index (χ0n) is 6.67. The summed E-state index contributed by atoms with van der Waals surface area (Å²) in [5.41, 5.74) is 0.652. The molecule has 0 saturated heterocycles. The summed E-state index contributed by atoms with van der Waals surface area (Å²) < 4.78 is 20.7. The summed E-state index contributed by atoms with van der Waals surface area (Å²) in [5.74, 6) is 0.275. The highest BCUT2D eigenvalue weighted by atomic mass is 35.5. The van der Waals surface area contributed by atoms with Gasteiger partial charge in [0.15, 0.2) is 0 Å². The molecule has 0 aromatic carbocycles. The minimum absolute atomic E-state index is 0.184. The Bertz CT molecular complexity index is 173. The largest absolute Gasteiger partial charge is 0.334 e. The first kappa shape index (κ1) is 11.2. The number of hydrogen-bond acceptors (Lipinski definition) is 3. The number of rotatable bonds is 5. The molecule has 11 heavy (non-hydrogen) atoms. The molecule has 0 unspecified atom stereocenters. The molecule has 66 valence electrons. The lowest BCUT2D eigenvalue weighted by Crippen LogP contribution is -1.97. The van der Waals surface area contributed by atoms with Gasteiger partial charge >= 0.3 is 7.60 Å². The third-order valence-corrected chi connectivity index (χ3v) is 3.49. The Labute approximate surface area is 71.9 Å². The SMILES string of the molecule is C=C(CCl)CP(=O)(OC)OC. The highest BCUT2D eigenvalue weighted by Crippen LogP contribution is 2.47. The summed E-state index contributed by atoms with van der Waals surface area (Å²) in [6.07, 6.45) is 0.184. The molecule has 0 amide bonds. The maximum absolute atomic E-state index is 11.4. The normalized spacial score (nSPS) is 11.5. The Hall–Kier alpha value is 0.180. The number of allylic oxidation sites excluding steroid dienone is 1. The van der Waals surface area contributed by atoms with Crippen molar-refractivity contribution in [3.8, 4) is 0 Å². The lowest BCUT2D eigenvalue weighted by Gasteiger charge is -2.13. The van der Waals surface area contributed by atoms with Crippen molar-refractivity contribution < 1.29 is 13.6 Å². The van der Waals surface area contributed by atoms with Crippen molar-refractivity contribution in [3.63, 3.8) is 0 Å². The molecular weight excluding hydrogens is 186 g/mol. The van der Waals surface area contributed by atoms with Gasteiger partial charge in [-0.05, 0) is 0 Å². The number of hydrogen-bond donors (Lipinski definition) is 0. The second-order valence-electron chi connectivity index (χ2n) is 2.02. The van der Waals surface area contributed by atoms with Gasteiger partial charge in [0, 0.05) is 20.1 Å². The fraction of sp³-hybridized carbons (Fsp3) is 0.667. The van der Waals surface area contributed by atoms with E-state index in [1.807, 2.05) is 0 Å². The van der Waals surface area contributed by atoms with Crippen LogP contribution in [-0.2, 0) is 13.6 Å². The molecule has 0 saturated carbocycles. The van der Waals surface area contributed by atoms with E-state index in [0.29, 0.717) is 5.57 Å². The monoisotopic (exact) mass is 198 g/mol. The van der Waals surface area contributed by atoms with E-state index in [1.165, 1.54) is 14.2 Å². The van der Waals surface area contributed by atoms with Crippen LogP contribution in [0.1, 0.15) is 0 Å². The number of halogens is 1. The summed E-state index contributed by atoms with van der Waals surface area (Å²) in [6, 6.07) is 0. The summed E-state index contributed by atoms with van der Waals surface area (Å²) in [4.78, 5) is 0. The van der Waals surface area contributed by atoms with E-state index in [4.69, 9.17) is 11.6 Å². The molecule has 0 aliphatic carbocycles. The fourth-order valence-electron chi connectivity index (χ4n) is 0.520. The summed E-state index contributed by atoms with van der Waals surface area (Å²) in [6.45, 7) is 3.59. The van der Waals surface area contributed by atoms with Gasteiger partial charge in [0.2, 0.25) is 0 Å². The maximum Gasteiger partial charge on any atom is 0.334 e. The molecule has 0 atom stereocenters. The van der Waals surface area contributed by atoms with Gasteiger partial charge in [-0.25, -0.2) is 0 Å². The predicted octanol–water partition coefficient (Wildman–Crippen LogP) is 2.27. The van der Waals surface area contributed by atoms with Gasteiger partial charge in [-0.15, -0.1) is 11.6 Å². The summed E-state index contributed by atoms with van der Waals surface area (Å²) >= 11 is 5.44. The molecule has 0 spiro atoms.